The predicted molar refractivity (Wildman–Crippen MR) is 101 cm³/mol. The van der Waals surface area contributed by atoms with Crippen molar-refractivity contribution in [3.05, 3.63) is 102 Å². The summed E-state index contributed by atoms with van der Waals surface area (Å²) < 4.78 is 0. The summed E-state index contributed by atoms with van der Waals surface area (Å²) in [5.41, 5.74) is 2.60. The number of benzene rings is 4. The van der Waals surface area contributed by atoms with Crippen LogP contribution in [0.1, 0.15) is 11.1 Å². The van der Waals surface area contributed by atoms with Gasteiger partial charge in [0.05, 0.1) is 0 Å². The maximum absolute atomic E-state index is 2.28. The Morgan fingerprint density at radius 1 is 0.565 bits per heavy atom. The van der Waals surface area contributed by atoms with Crippen molar-refractivity contribution in [2.75, 3.05) is 0 Å². The zero-order chi connectivity index (χ0) is 15.5. The molecule has 4 aromatic rings. The van der Waals surface area contributed by atoms with Crippen LogP contribution in [0.2, 0.25) is 0 Å². The van der Waals surface area contributed by atoms with E-state index in [0.29, 0.717) is 0 Å². The van der Waals surface area contributed by atoms with Gasteiger partial charge in [-0.3, -0.25) is 0 Å². The molecule has 0 atom stereocenters. The standard InChI is InChI=1S/C23H18/c1-3-10-22-16-18(12-14-20(22)8-1)6-5-7-19-13-15-21-9-2-4-11-23(21)17-19/h1-6,8-17H,7H2/b6-5+. The van der Waals surface area contributed by atoms with E-state index in [2.05, 4.69) is 97.1 Å². The lowest BCUT2D eigenvalue weighted by atomic mass is 10.0. The van der Waals surface area contributed by atoms with Crippen molar-refractivity contribution in [2.24, 2.45) is 0 Å². The van der Waals surface area contributed by atoms with Crippen molar-refractivity contribution in [1.29, 1.82) is 0 Å². The maximum atomic E-state index is 2.28. The molecule has 0 spiro atoms. The highest BCUT2D eigenvalue weighted by Gasteiger charge is 1.95. The van der Waals surface area contributed by atoms with Crippen LogP contribution in [0.25, 0.3) is 27.6 Å². The molecule has 0 aliphatic heterocycles. The van der Waals surface area contributed by atoms with Gasteiger partial charge in [-0.1, -0.05) is 91.0 Å². The van der Waals surface area contributed by atoms with Crippen LogP contribution in [0.15, 0.2) is 91.0 Å². The smallest absolute Gasteiger partial charge is 0.00939 e. The van der Waals surface area contributed by atoms with E-state index in [1.807, 2.05) is 0 Å². The Morgan fingerprint density at radius 3 is 1.91 bits per heavy atom. The van der Waals surface area contributed by atoms with Gasteiger partial charge in [-0.05, 0) is 45.2 Å². The number of allylic oxidation sites excluding steroid dienone is 1. The van der Waals surface area contributed by atoms with Crippen LogP contribution in [-0.4, -0.2) is 0 Å². The van der Waals surface area contributed by atoms with Crippen LogP contribution in [-0.2, 0) is 6.42 Å². The summed E-state index contributed by atoms with van der Waals surface area (Å²) in [5.74, 6) is 0. The summed E-state index contributed by atoms with van der Waals surface area (Å²) in [5, 5.41) is 5.19. The second-order valence-corrected chi connectivity index (χ2v) is 5.89. The molecule has 0 aromatic heterocycles. The molecular weight excluding hydrogens is 276 g/mol. The third kappa shape index (κ3) is 3.02. The highest BCUT2D eigenvalue weighted by atomic mass is 14.0. The van der Waals surface area contributed by atoms with E-state index in [9.17, 15) is 0 Å². The molecule has 0 saturated carbocycles. The Bertz CT molecular complexity index is 993. The van der Waals surface area contributed by atoms with Crippen molar-refractivity contribution in [3.63, 3.8) is 0 Å². The van der Waals surface area contributed by atoms with E-state index < -0.39 is 0 Å². The minimum Gasteiger partial charge on any atom is -0.0795 e. The number of hydrogen-bond acceptors (Lipinski definition) is 0. The monoisotopic (exact) mass is 294 g/mol. The quantitative estimate of drug-likeness (QED) is 0.419. The van der Waals surface area contributed by atoms with Crippen LogP contribution in [0.3, 0.4) is 0 Å². The normalized spacial score (nSPS) is 11.5. The minimum absolute atomic E-state index is 0.956. The molecule has 0 heterocycles. The van der Waals surface area contributed by atoms with E-state index in [0.717, 1.165) is 6.42 Å². The molecule has 0 amide bonds. The fraction of sp³-hybridized carbons (Fsp3) is 0.0435. The van der Waals surface area contributed by atoms with Crippen LogP contribution >= 0.6 is 0 Å². The van der Waals surface area contributed by atoms with Gasteiger partial charge in [-0.25, -0.2) is 0 Å². The molecule has 0 bridgehead atoms. The summed E-state index contributed by atoms with van der Waals surface area (Å²) in [6.07, 6.45) is 5.41. The fourth-order valence-corrected chi connectivity index (χ4v) is 3.01. The Morgan fingerprint density at radius 2 is 1.17 bits per heavy atom. The van der Waals surface area contributed by atoms with Gasteiger partial charge in [0.25, 0.3) is 0 Å². The third-order valence-electron chi connectivity index (χ3n) is 4.25. The second-order valence-electron chi connectivity index (χ2n) is 5.89. The lowest BCUT2D eigenvalue weighted by Crippen LogP contribution is -1.82. The topological polar surface area (TPSA) is 0 Å². The van der Waals surface area contributed by atoms with Gasteiger partial charge in [0.15, 0.2) is 0 Å². The van der Waals surface area contributed by atoms with Gasteiger partial charge in [-0.2, -0.15) is 0 Å². The van der Waals surface area contributed by atoms with E-state index in [4.69, 9.17) is 0 Å². The largest absolute Gasteiger partial charge is 0.0795 e. The first-order valence-electron chi connectivity index (χ1n) is 8.01. The van der Waals surface area contributed by atoms with Gasteiger partial charge in [0, 0.05) is 0 Å². The highest BCUT2D eigenvalue weighted by Crippen LogP contribution is 2.18. The van der Waals surface area contributed by atoms with Gasteiger partial charge >= 0.3 is 0 Å². The molecule has 0 aliphatic rings. The van der Waals surface area contributed by atoms with Crippen LogP contribution in [0.4, 0.5) is 0 Å². The molecule has 4 rings (SSSR count). The Balaban J connectivity index is 1.55. The molecular formula is C23H18. The third-order valence-corrected chi connectivity index (χ3v) is 4.25. The van der Waals surface area contributed by atoms with E-state index >= 15 is 0 Å². The summed E-state index contributed by atoms with van der Waals surface area (Å²) in [4.78, 5) is 0. The lowest BCUT2D eigenvalue weighted by Gasteiger charge is -2.02. The van der Waals surface area contributed by atoms with Gasteiger partial charge in [0.2, 0.25) is 0 Å². The Kier molecular flexibility index (Phi) is 3.65. The molecule has 0 radical (unpaired) electrons. The van der Waals surface area contributed by atoms with Gasteiger partial charge in [-0.15, -0.1) is 0 Å². The molecule has 0 N–H and O–H groups in total. The molecule has 23 heavy (non-hydrogen) atoms. The van der Waals surface area contributed by atoms with E-state index in [-0.39, 0.29) is 0 Å². The number of rotatable bonds is 3. The summed E-state index contributed by atoms with van der Waals surface area (Å²) in [6.45, 7) is 0. The zero-order valence-corrected chi connectivity index (χ0v) is 12.9. The lowest BCUT2D eigenvalue weighted by molar-refractivity contribution is 1.29. The maximum Gasteiger partial charge on any atom is -0.00939 e. The molecule has 0 nitrogen and oxygen atoms in total. The van der Waals surface area contributed by atoms with Gasteiger partial charge < -0.3 is 0 Å². The molecule has 0 fully saturated rings. The second kappa shape index (κ2) is 6.10. The zero-order valence-electron chi connectivity index (χ0n) is 12.9. The Labute approximate surface area is 136 Å². The van der Waals surface area contributed by atoms with Crippen LogP contribution < -0.4 is 0 Å². The van der Waals surface area contributed by atoms with Crippen molar-refractivity contribution < 1.29 is 0 Å². The average molecular weight is 294 g/mol. The van der Waals surface area contributed by atoms with Crippen LogP contribution in [0, 0.1) is 0 Å². The first-order chi connectivity index (χ1) is 11.4. The molecule has 4 aromatic carbocycles. The first-order valence-corrected chi connectivity index (χ1v) is 8.01. The fourth-order valence-electron chi connectivity index (χ4n) is 3.01. The molecule has 110 valence electrons. The van der Waals surface area contributed by atoms with Crippen molar-refractivity contribution in [2.45, 2.75) is 6.42 Å². The minimum atomic E-state index is 0.956. The van der Waals surface area contributed by atoms with Crippen molar-refractivity contribution in [3.8, 4) is 0 Å². The summed E-state index contributed by atoms with van der Waals surface area (Å²) in [6, 6.07) is 30.3. The number of fused-ring (bicyclic) bond motifs is 2. The SMILES string of the molecule is C(=C\c1ccc2ccccc2c1)/Cc1ccc2ccccc2c1. The number of hydrogen-bond donors (Lipinski definition) is 0. The molecule has 0 unspecified atom stereocenters. The summed E-state index contributed by atoms with van der Waals surface area (Å²) in [7, 11) is 0. The molecule has 0 heteroatoms. The van der Waals surface area contributed by atoms with E-state index in [1.165, 1.54) is 32.7 Å². The van der Waals surface area contributed by atoms with Crippen molar-refractivity contribution in [1.82, 2.24) is 0 Å². The average Bonchev–Trinajstić information content (AvgIpc) is 2.61. The molecule has 0 aliphatic carbocycles. The van der Waals surface area contributed by atoms with E-state index in [1.54, 1.807) is 0 Å². The first kappa shape index (κ1) is 13.8. The summed E-state index contributed by atoms with van der Waals surface area (Å²) >= 11 is 0. The molecule has 0 saturated heterocycles. The Hall–Kier alpha value is -2.86. The van der Waals surface area contributed by atoms with Crippen molar-refractivity contribution >= 4 is 27.6 Å². The predicted octanol–water partition coefficient (Wildman–Crippen LogP) is 6.25. The highest BCUT2D eigenvalue weighted by molar-refractivity contribution is 5.85. The van der Waals surface area contributed by atoms with Crippen LogP contribution in [0.5, 0.6) is 0 Å². The van der Waals surface area contributed by atoms with Gasteiger partial charge in [0.1, 0.15) is 0 Å².